The van der Waals surface area contributed by atoms with E-state index in [-0.39, 0.29) is 11.1 Å². The van der Waals surface area contributed by atoms with Gasteiger partial charge in [0.15, 0.2) is 22.5 Å². The van der Waals surface area contributed by atoms with Crippen molar-refractivity contribution in [1.29, 1.82) is 0 Å². The minimum Gasteiger partial charge on any atom is -0.496 e. The van der Waals surface area contributed by atoms with E-state index in [4.69, 9.17) is 9.26 Å². The number of carbonyl (C=O) groups excluding carboxylic acids is 1. The van der Waals surface area contributed by atoms with Crippen LogP contribution < -0.4 is 5.30 Å². The number of aliphatic carboxylic acids is 1. The van der Waals surface area contributed by atoms with Gasteiger partial charge < -0.3 is 9.84 Å². The first-order valence-electron chi connectivity index (χ1n) is 6.17. The molecule has 1 heterocycles. The number of carbonyl (C=O) groups is 2. The standard InChI is InChI=1S/C14H15O6P/c1-9(15)14(2)12(19-3)11(13(16)17)21(18,20-14)10-7-5-4-6-8-10/h4-8H,1-3H3,(H,16,17). The van der Waals surface area contributed by atoms with E-state index in [2.05, 4.69) is 0 Å². The summed E-state index contributed by atoms with van der Waals surface area (Å²) in [7, 11) is -2.68. The van der Waals surface area contributed by atoms with Gasteiger partial charge in [-0.05, 0) is 26.0 Å². The fraction of sp³-hybridized carbons (Fsp3) is 0.286. The number of ketones is 1. The van der Waals surface area contributed by atoms with Crippen LogP contribution in [0.15, 0.2) is 41.4 Å². The Morgan fingerprint density at radius 1 is 1.29 bits per heavy atom. The molecule has 112 valence electrons. The number of carboxylic acid groups (broad SMARTS) is 1. The Kier molecular flexibility index (Phi) is 3.78. The highest BCUT2D eigenvalue weighted by Gasteiger charge is 2.58. The monoisotopic (exact) mass is 310 g/mol. The highest BCUT2D eigenvalue weighted by Crippen LogP contribution is 2.65. The van der Waals surface area contributed by atoms with Crippen molar-refractivity contribution in [3.8, 4) is 0 Å². The van der Waals surface area contributed by atoms with Gasteiger partial charge >= 0.3 is 5.97 Å². The van der Waals surface area contributed by atoms with Crippen LogP contribution in [0.1, 0.15) is 13.8 Å². The smallest absolute Gasteiger partial charge is 0.345 e. The van der Waals surface area contributed by atoms with E-state index in [0.29, 0.717) is 0 Å². The molecule has 1 N–H and O–H groups in total. The van der Waals surface area contributed by atoms with Crippen molar-refractivity contribution in [2.75, 3.05) is 7.11 Å². The van der Waals surface area contributed by atoms with E-state index in [0.717, 1.165) is 0 Å². The zero-order chi connectivity index (χ0) is 15.8. The molecule has 0 bridgehead atoms. The molecule has 0 aromatic heterocycles. The molecule has 0 spiro atoms. The molecule has 1 aliphatic rings. The SMILES string of the molecule is COC1=C(C(=O)O)P(=O)(c2ccccc2)OC1(C)C(C)=O. The van der Waals surface area contributed by atoms with Crippen LogP contribution in [0.3, 0.4) is 0 Å². The van der Waals surface area contributed by atoms with Gasteiger partial charge in [0.25, 0.3) is 7.37 Å². The molecule has 0 fully saturated rings. The Morgan fingerprint density at radius 3 is 2.29 bits per heavy atom. The average molecular weight is 310 g/mol. The molecule has 0 aliphatic carbocycles. The van der Waals surface area contributed by atoms with Gasteiger partial charge in [-0.25, -0.2) is 4.79 Å². The maximum Gasteiger partial charge on any atom is 0.345 e. The summed E-state index contributed by atoms with van der Waals surface area (Å²) < 4.78 is 23.7. The van der Waals surface area contributed by atoms with E-state index in [9.17, 15) is 19.3 Å². The molecule has 2 rings (SSSR count). The summed E-state index contributed by atoms with van der Waals surface area (Å²) in [4.78, 5) is 23.4. The van der Waals surface area contributed by atoms with E-state index in [1.54, 1.807) is 18.2 Å². The first-order valence-corrected chi connectivity index (χ1v) is 7.80. The Balaban J connectivity index is 2.76. The second kappa shape index (κ2) is 5.13. The van der Waals surface area contributed by atoms with Crippen LogP contribution in [-0.4, -0.2) is 29.6 Å². The first-order chi connectivity index (χ1) is 9.77. The lowest BCUT2D eigenvalue weighted by Gasteiger charge is -2.23. The lowest BCUT2D eigenvalue weighted by atomic mass is 9.99. The summed E-state index contributed by atoms with van der Waals surface area (Å²) >= 11 is 0. The highest BCUT2D eigenvalue weighted by molar-refractivity contribution is 7.72. The Hall–Kier alpha value is -1.91. The molecule has 1 aromatic carbocycles. The molecule has 0 saturated carbocycles. The van der Waals surface area contributed by atoms with E-state index < -0.39 is 30.0 Å². The zero-order valence-electron chi connectivity index (χ0n) is 11.8. The number of benzene rings is 1. The number of methoxy groups -OCH3 is 1. The van der Waals surface area contributed by atoms with Crippen LogP contribution in [-0.2, 0) is 23.4 Å². The summed E-state index contributed by atoms with van der Waals surface area (Å²) in [5.74, 6) is -2.12. The quantitative estimate of drug-likeness (QED) is 0.854. The van der Waals surface area contributed by atoms with E-state index >= 15 is 0 Å². The predicted octanol–water partition coefficient (Wildman–Crippen LogP) is 1.91. The number of hydrogen-bond acceptors (Lipinski definition) is 5. The number of carboxylic acids is 1. The van der Waals surface area contributed by atoms with Gasteiger partial charge in [0.05, 0.1) is 7.11 Å². The Bertz CT molecular complexity index is 678. The average Bonchev–Trinajstić information content (AvgIpc) is 2.69. The van der Waals surface area contributed by atoms with Crippen LogP contribution in [0.2, 0.25) is 0 Å². The normalized spacial score (nSPS) is 28.5. The van der Waals surface area contributed by atoms with Gasteiger partial charge in [0, 0.05) is 5.30 Å². The summed E-state index contributed by atoms with van der Waals surface area (Å²) in [6, 6.07) is 7.95. The molecule has 1 aromatic rings. The molecular weight excluding hydrogens is 295 g/mol. The second-order valence-electron chi connectivity index (χ2n) is 4.75. The predicted molar refractivity (Wildman–Crippen MR) is 75.5 cm³/mol. The van der Waals surface area contributed by atoms with Crippen LogP contribution in [0.25, 0.3) is 0 Å². The third-order valence-electron chi connectivity index (χ3n) is 3.43. The highest BCUT2D eigenvalue weighted by atomic mass is 31.2. The van der Waals surface area contributed by atoms with Crippen molar-refractivity contribution in [3.05, 3.63) is 41.4 Å². The molecule has 21 heavy (non-hydrogen) atoms. The zero-order valence-corrected chi connectivity index (χ0v) is 12.7. The minimum absolute atomic E-state index is 0.210. The van der Waals surface area contributed by atoms with Crippen molar-refractivity contribution >= 4 is 24.4 Å². The lowest BCUT2D eigenvalue weighted by molar-refractivity contribution is -0.132. The number of hydrogen-bond donors (Lipinski definition) is 1. The molecule has 0 amide bonds. The minimum atomic E-state index is -3.90. The maximum atomic E-state index is 13.2. The molecule has 2 unspecified atom stereocenters. The third kappa shape index (κ3) is 2.20. The maximum absolute atomic E-state index is 13.2. The van der Waals surface area contributed by atoms with Gasteiger partial charge in [-0.1, -0.05) is 18.2 Å². The van der Waals surface area contributed by atoms with Gasteiger partial charge in [-0.15, -0.1) is 0 Å². The topological polar surface area (TPSA) is 89.9 Å². The first kappa shape index (κ1) is 15.5. The molecular formula is C14H15O6P. The Labute approximate surface area is 121 Å². The summed E-state index contributed by atoms with van der Waals surface area (Å²) in [5, 5.41) is 9.14. The summed E-state index contributed by atoms with van der Waals surface area (Å²) in [6.07, 6.45) is 0. The Morgan fingerprint density at radius 2 is 1.86 bits per heavy atom. The molecule has 1 aliphatic heterocycles. The van der Waals surface area contributed by atoms with Crippen LogP contribution in [0.5, 0.6) is 0 Å². The third-order valence-corrected chi connectivity index (χ3v) is 6.01. The molecule has 6 nitrogen and oxygen atoms in total. The number of Topliss-reactive ketones (excluding diaryl/α,β-unsaturated/α-hetero) is 1. The summed E-state index contributed by atoms with van der Waals surface area (Å²) in [5.41, 5.74) is -1.67. The van der Waals surface area contributed by atoms with Crippen molar-refractivity contribution in [3.63, 3.8) is 0 Å². The van der Waals surface area contributed by atoms with Crippen LogP contribution in [0, 0.1) is 0 Å². The molecule has 0 radical (unpaired) electrons. The molecule has 2 atom stereocenters. The largest absolute Gasteiger partial charge is 0.496 e. The molecule has 0 saturated heterocycles. The van der Waals surface area contributed by atoms with E-state index in [1.807, 2.05) is 0 Å². The van der Waals surface area contributed by atoms with Gasteiger partial charge in [-0.3, -0.25) is 13.9 Å². The van der Waals surface area contributed by atoms with Crippen LogP contribution in [0.4, 0.5) is 0 Å². The van der Waals surface area contributed by atoms with Crippen molar-refractivity contribution in [2.24, 2.45) is 0 Å². The summed E-state index contributed by atoms with van der Waals surface area (Å²) in [6.45, 7) is 2.60. The second-order valence-corrected chi connectivity index (χ2v) is 7.00. The van der Waals surface area contributed by atoms with Crippen LogP contribution >= 0.6 is 7.37 Å². The van der Waals surface area contributed by atoms with Gasteiger partial charge in [0.1, 0.15) is 0 Å². The van der Waals surface area contributed by atoms with E-state index in [1.165, 1.54) is 33.1 Å². The molecule has 7 heteroatoms. The fourth-order valence-electron chi connectivity index (χ4n) is 2.25. The van der Waals surface area contributed by atoms with Crippen molar-refractivity contribution < 1.29 is 28.5 Å². The van der Waals surface area contributed by atoms with Gasteiger partial charge in [0.2, 0.25) is 0 Å². The van der Waals surface area contributed by atoms with Crippen molar-refractivity contribution in [1.82, 2.24) is 0 Å². The fourth-order valence-corrected chi connectivity index (χ4v) is 4.82. The number of ether oxygens (including phenoxy) is 1. The number of rotatable bonds is 4. The van der Waals surface area contributed by atoms with Gasteiger partial charge in [-0.2, -0.15) is 0 Å². The van der Waals surface area contributed by atoms with Crippen molar-refractivity contribution in [2.45, 2.75) is 19.4 Å². The lowest BCUT2D eigenvalue weighted by Crippen LogP contribution is -2.36.